The summed E-state index contributed by atoms with van der Waals surface area (Å²) in [6.07, 6.45) is 7.64. The number of nitriles is 1. The number of amides is 2. The topological polar surface area (TPSA) is 95.8 Å². The van der Waals surface area contributed by atoms with Crippen LogP contribution in [0.25, 0.3) is 0 Å². The summed E-state index contributed by atoms with van der Waals surface area (Å²) in [4.78, 5) is 35.1. The van der Waals surface area contributed by atoms with Gasteiger partial charge in [0.25, 0.3) is 5.91 Å². The lowest BCUT2D eigenvalue weighted by Gasteiger charge is -2.65. The van der Waals surface area contributed by atoms with Gasteiger partial charge in [0, 0.05) is 41.9 Å². The van der Waals surface area contributed by atoms with Crippen LogP contribution in [-0.2, 0) is 11.3 Å². The SMILES string of the molecule is CC(C)(C)OC(=O)N1CC2CC/C(=C/C3CC(C#Cc4ccc5c(n4)CN(C4C(C)(C)C(Oc6ccc(C#N)c(Cl)c6)C4(C)C)C5=O)C3)CC2C1. The van der Waals surface area contributed by atoms with Crippen molar-refractivity contribution < 1.29 is 19.1 Å². The maximum absolute atomic E-state index is 13.7. The molecule has 2 aromatic rings. The number of hydrogen-bond acceptors (Lipinski definition) is 6. The molecule has 3 saturated carbocycles. The third-order valence-corrected chi connectivity index (χ3v) is 12.1. The Hall–Kier alpha value is -4.01. The van der Waals surface area contributed by atoms with Gasteiger partial charge in [-0.15, -0.1) is 0 Å². The van der Waals surface area contributed by atoms with Crippen LogP contribution in [-0.4, -0.2) is 57.6 Å². The van der Waals surface area contributed by atoms with Gasteiger partial charge in [0.15, 0.2) is 0 Å². The molecule has 8 nitrogen and oxygen atoms in total. The zero-order valence-electron chi connectivity index (χ0n) is 30.9. The van der Waals surface area contributed by atoms with Crippen molar-refractivity contribution in [1.29, 1.82) is 5.26 Å². The number of pyridine rings is 1. The molecular formula is C42H49ClN4O4. The number of rotatable bonds is 4. The molecule has 0 N–H and O–H groups in total. The van der Waals surface area contributed by atoms with Crippen LogP contribution in [0.1, 0.15) is 108 Å². The standard InChI is InChI=1S/C42H49ClN4O4/c1-40(2,3)51-39(49)46-22-29-10-8-26(19-30(29)23-46)18-27-16-25(17-27)9-12-31-13-15-33-35(45-31)24-47(36(33)48)37-41(4,5)38(42(37,6)7)50-32-14-11-28(21-44)34(43)20-32/h11,13-15,18,20,25,27,29-30,37-38H,8,10,16-17,19,22-24H2,1-7H3/b26-18-. The normalized spacial score (nSPS) is 29.5. The monoisotopic (exact) mass is 708 g/mol. The smallest absolute Gasteiger partial charge is 0.410 e. The molecule has 268 valence electrons. The Labute approximate surface area is 307 Å². The highest BCUT2D eigenvalue weighted by Gasteiger charge is 2.67. The van der Waals surface area contributed by atoms with Gasteiger partial charge in [0.1, 0.15) is 29.2 Å². The number of carbonyl (C=O) groups is 2. The van der Waals surface area contributed by atoms with E-state index in [4.69, 9.17) is 26.1 Å². The Kier molecular flexibility index (Phi) is 8.94. The summed E-state index contributed by atoms with van der Waals surface area (Å²) in [6.45, 7) is 16.4. The molecule has 0 spiro atoms. The van der Waals surface area contributed by atoms with Crippen molar-refractivity contribution in [3.8, 4) is 23.7 Å². The van der Waals surface area contributed by atoms with Crippen LogP contribution in [0.5, 0.6) is 5.75 Å². The number of hydrogen-bond donors (Lipinski definition) is 0. The lowest BCUT2D eigenvalue weighted by molar-refractivity contribution is -0.199. The number of halogens is 1. The van der Waals surface area contributed by atoms with Crippen molar-refractivity contribution in [2.24, 2.45) is 34.5 Å². The molecule has 51 heavy (non-hydrogen) atoms. The van der Waals surface area contributed by atoms with Crippen molar-refractivity contribution in [3.05, 3.63) is 69.5 Å². The minimum atomic E-state index is -0.464. The number of nitrogens with zero attached hydrogens (tertiary/aromatic N) is 4. The molecule has 2 unspecified atom stereocenters. The Bertz CT molecular complexity index is 1870. The number of allylic oxidation sites excluding steroid dienone is 2. The van der Waals surface area contributed by atoms with Crippen LogP contribution in [0.2, 0.25) is 5.02 Å². The number of ether oxygens (including phenoxy) is 2. The van der Waals surface area contributed by atoms with Gasteiger partial charge in [0.05, 0.1) is 28.4 Å². The van der Waals surface area contributed by atoms with E-state index in [2.05, 4.69) is 51.7 Å². The van der Waals surface area contributed by atoms with Crippen LogP contribution in [0.3, 0.4) is 0 Å². The molecule has 0 bridgehead atoms. The first-order valence-electron chi connectivity index (χ1n) is 18.4. The van der Waals surface area contributed by atoms with E-state index in [1.54, 1.807) is 23.8 Å². The van der Waals surface area contributed by atoms with Crippen LogP contribution in [0.15, 0.2) is 42.0 Å². The first kappa shape index (κ1) is 35.4. The van der Waals surface area contributed by atoms with Gasteiger partial charge in [-0.05, 0) is 101 Å². The highest BCUT2D eigenvalue weighted by molar-refractivity contribution is 6.31. The second-order valence-electron chi connectivity index (χ2n) is 17.6. The molecule has 9 heteroatoms. The van der Waals surface area contributed by atoms with E-state index in [9.17, 15) is 14.9 Å². The molecule has 2 amide bonds. The van der Waals surface area contributed by atoms with Gasteiger partial charge in [0.2, 0.25) is 0 Å². The van der Waals surface area contributed by atoms with Gasteiger partial charge in [-0.2, -0.15) is 5.26 Å². The Balaban J connectivity index is 0.931. The summed E-state index contributed by atoms with van der Waals surface area (Å²) in [5.41, 5.74) is 2.96. The van der Waals surface area contributed by atoms with Gasteiger partial charge in [-0.3, -0.25) is 4.79 Å². The maximum atomic E-state index is 13.7. The number of benzene rings is 1. The first-order valence-corrected chi connectivity index (χ1v) is 18.8. The van der Waals surface area contributed by atoms with Crippen molar-refractivity contribution >= 4 is 23.6 Å². The van der Waals surface area contributed by atoms with Crippen molar-refractivity contribution in [3.63, 3.8) is 0 Å². The van der Waals surface area contributed by atoms with Crippen LogP contribution in [0.4, 0.5) is 4.79 Å². The fourth-order valence-corrected chi connectivity index (χ4v) is 10.1. The highest BCUT2D eigenvalue weighted by Crippen LogP contribution is 2.59. The summed E-state index contributed by atoms with van der Waals surface area (Å²) >= 11 is 6.28. The molecule has 1 saturated heterocycles. The van der Waals surface area contributed by atoms with E-state index in [0.29, 0.717) is 57.8 Å². The second-order valence-corrected chi connectivity index (χ2v) is 18.0. The van der Waals surface area contributed by atoms with E-state index in [1.807, 2.05) is 42.7 Å². The Morgan fingerprint density at radius 2 is 1.80 bits per heavy atom. The molecule has 3 heterocycles. The van der Waals surface area contributed by atoms with E-state index < -0.39 is 5.60 Å². The minimum absolute atomic E-state index is 0.00193. The van der Waals surface area contributed by atoms with Gasteiger partial charge >= 0.3 is 6.09 Å². The second kappa shape index (κ2) is 12.9. The number of likely N-dealkylation sites (tertiary alicyclic amines) is 1. The molecule has 2 aliphatic heterocycles. The summed E-state index contributed by atoms with van der Waals surface area (Å²) < 4.78 is 12.1. The van der Waals surface area contributed by atoms with Crippen molar-refractivity contribution in [2.45, 2.75) is 105 Å². The van der Waals surface area contributed by atoms with E-state index in [0.717, 1.165) is 50.9 Å². The number of fused-ring (bicyclic) bond motifs is 2. The predicted octanol–water partition coefficient (Wildman–Crippen LogP) is 8.42. The third kappa shape index (κ3) is 6.73. The average molecular weight is 709 g/mol. The fourth-order valence-electron chi connectivity index (χ4n) is 9.85. The van der Waals surface area contributed by atoms with E-state index in [-0.39, 0.29) is 35.0 Å². The third-order valence-electron chi connectivity index (χ3n) is 11.8. The minimum Gasteiger partial charge on any atom is -0.489 e. The molecule has 7 rings (SSSR count). The summed E-state index contributed by atoms with van der Waals surface area (Å²) in [6, 6.07) is 10.9. The molecule has 4 fully saturated rings. The molecule has 3 aliphatic carbocycles. The lowest BCUT2D eigenvalue weighted by atomic mass is 9.49. The molecule has 1 aromatic heterocycles. The fraction of sp³-hybridized carbons (Fsp3) is 0.571. The van der Waals surface area contributed by atoms with Gasteiger partial charge < -0.3 is 19.3 Å². The number of carbonyl (C=O) groups excluding carboxylic acids is 2. The molecule has 0 radical (unpaired) electrons. The maximum Gasteiger partial charge on any atom is 0.410 e. The van der Waals surface area contributed by atoms with Crippen LogP contribution >= 0.6 is 11.6 Å². The van der Waals surface area contributed by atoms with Gasteiger partial charge in [-0.1, -0.05) is 56.9 Å². The summed E-state index contributed by atoms with van der Waals surface area (Å²) in [5, 5.41) is 9.60. The largest absolute Gasteiger partial charge is 0.489 e. The Morgan fingerprint density at radius 1 is 1.08 bits per heavy atom. The zero-order chi connectivity index (χ0) is 36.5. The summed E-state index contributed by atoms with van der Waals surface area (Å²) in [7, 11) is 0. The average Bonchev–Trinajstić information content (AvgIpc) is 3.60. The van der Waals surface area contributed by atoms with E-state index >= 15 is 0 Å². The number of aromatic nitrogens is 1. The molecular weight excluding hydrogens is 660 g/mol. The first-order chi connectivity index (χ1) is 24.0. The summed E-state index contributed by atoms with van der Waals surface area (Å²) in [5.74, 6) is 9.42. The van der Waals surface area contributed by atoms with Crippen molar-refractivity contribution in [1.82, 2.24) is 14.8 Å². The van der Waals surface area contributed by atoms with Crippen LogP contribution < -0.4 is 4.74 Å². The van der Waals surface area contributed by atoms with E-state index in [1.165, 1.54) is 0 Å². The zero-order valence-corrected chi connectivity index (χ0v) is 31.6. The molecule has 2 atom stereocenters. The predicted molar refractivity (Wildman–Crippen MR) is 196 cm³/mol. The van der Waals surface area contributed by atoms with Gasteiger partial charge in [-0.25, -0.2) is 9.78 Å². The van der Waals surface area contributed by atoms with Crippen molar-refractivity contribution in [2.75, 3.05) is 13.1 Å². The quantitative estimate of drug-likeness (QED) is 0.234. The lowest BCUT2D eigenvalue weighted by Crippen LogP contribution is -2.74. The highest BCUT2D eigenvalue weighted by atomic mass is 35.5. The van der Waals surface area contributed by atoms with Crippen LogP contribution in [0, 0.1) is 57.7 Å². The molecule has 1 aromatic carbocycles. The Morgan fingerprint density at radius 3 is 2.49 bits per heavy atom. The molecule has 5 aliphatic rings.